The fraction of sp³-hybridized carbons (Fsp3) is 0.417. The topological polar surface area (TPSA) is 33.0 Å². The van der Waals surface area contributed by atoms with Crippen LogP contribution in [0.15, 0.2) is 16.6 Å². The van der Waals surface area contributed by atoms with E-state index in [2.05, 4.69) is 22.0 Å². The highest BCUT2D eigenvalue weighted by molar-refractivity contribution is 9.10. The number of ether oxygens (including phenoxy) is 1. The number of aryl methyl sites for hydroxylation is 1. The van der Waals surface area contributed by atoms with Crippen molar-refractivity contribution in [3.63, 3.8) is 0 Å². The molecule has 0 radical (unpaired) electrons. The van der Waals surface area contributed by atoms with E-state index < -0.39 is 0 Å². The first-order chi connectivity index (χ1) is 7.20. The number of benzene rings is 1. The van der Waals surface area contributed by atoms with Crippen molar-refractivity contribution in [2.24, 2.45) is 5.92 Å². The molecule has 0 aromatic heterocycles. The fourth-order valence-corrected chi connectivity index (χ4v) is 2.06. The van der Waals surface area contributed by atoms with Crippen LogP contribution in [-0.2, 0) is 0 Å². The molecule has 1 aromatic carbocycles. The van der Waals surface area contributed by atoms with Gasteiger partial charge in [-0.15, -0.1) is 0 Å². The Labute approximate surface area is 98.0 Å². The molecule has 3 heteroatoms. The van der Waals surface area contributed by atoms with Gasteiger partial charge in [-0.2, -0.15) is 5.26 Å². The van der Waals surface area contributed by atoms with Gasteiger partial charge >= 0.3 is 0 Å². The van der Waals surface area contributed by atoms with Crippen LogP contribution < -0.4 is 4.74 Å². The molecule has 0 bridgehead atoms. The Kier molecular flexibility index (Phi) is 2.97. The maximum Gasteiger partial charge on any atom is 0.140 e. The van der Waals surface area contributed by atoms with Gasteiger partial charge in [-0.1, -0.05) is 15.9 Å². The van der Waals surface area contributed by atoms with Gasteiger partial charge < -0.3 is 4.74 Å². The number of halogens is 1. The van der Waals surface area contributed by atoms with Crippen LogP contribution in [0.1, 0.15) is 24.0 Å². The van der Waals surface area contributed by atoms with Gasteiger partial charge in [-0.25, -0.2) is 0 Å². The minimum Gasteiger partial charge on any atom is -0.492 e. The third-order valence-corrected chi connectivity index (χ3v) is 2.98. The molecular weight excluding hydrogens is 254 g/mol. The Morgan fingerprint density at radius 1 is 1.53 bits per heavy atom. The van der Waals surface area contributed by atoms with Crippen LogP contribution in [0.5, 0.6) is 5.75 Å². The lowest BCUT2D eigenvalue weighted by atomic mass is 10.1. The summed E-state index contributed by atoms with van der Waals surface area (Å²) in [5.41, 5.74) is 1.63. The molecule has 0 saturated heterocycles. The van der Waals surface area contributed by atoms with E-state index >= 15 is 0 Å². The molecule has 1 aromatic rings. The third kappa shape index (κ3) is 2.51. The quantitative estimate of drug-likeness (QED) is 0.839. The standard InChI is InChI=1S/C12H12BrNO/c1-8-4-11(13)5-10(6-14)12(8)15-7-9-2-3-9/h4-5,9H,2-3,7H2,1H3. The summed E-state index contributed by atoms with van der Waals surface area (Å²) in [6.07, 6.45) is 2.52. The molecule has 0 unspecified atom stereocenters. The summed E-state index contributed by atoms with van der Waals surface area (Å²) in [4.78, 5) is 0. The minimum atomic E-state index is 0.613. The molecular formula is C12H12BrNO. The smallest absolute Gasteiger partial charge is 0.140 e. The van der Waals surface area contributed by atoms with Crippen molar-refractivity contribution >= 4 is 15.9 Å². The second-order valence-electron chi connectivity index (χ2n) is 3.97. The summed E-state index contributed by atoms with van der Waals surface area (Å²) < 4.78 is 6.62. The van der Waals surface area contributed by atoms with Gasteiger partial charge in [0.15, 0.2) is 0 Å². The summed E-state index contributed by atoms with van der Waals surface area (Å²) >= 11 is 3.37. The number of hydrogen-bond acceptors (Lipinski definition) is 2. The summed E-state index contributed by atoms with van der Waals surface area (Å²) in [7, 11) is 0. The van der Waals surface area contributed by atoms with E-state index in [1.54, 1.807) is 6.07 Å². The van der Waals surface area contributed by atoms with Crippen LogP contribution in [0.25, 0.3) is 0 Å². The number of nitrogens with zero attached hydrogens (tertiary/aromatic N) is 1. The largest absolute Gasteiger partial charge is 0.492 e. The predicted molar refractivity (Wildman–Crippen MR) is 61.8 cm³/mol. The molecule has 0 amide bonds. The zero-order chi connectivity index (χ0) is 10.8. The van der Waals surface area contributed by atoms with Crippen molar-refractivity contribution in [3.05, 3.63) is 27.7 Å². The Bertz CT molecular complexity index is 418. The molecule has 1 saturated carbocycles. The second-order valence-corrected chi connectivity index (χ2v) is 4.88. The molecule has 1 aliphatic rings. The molecule has 1 fully saturated rings. The van der Waals surface area contributed by atoms with Gasteiger partial charge in [-0.3, -0.25) is 0 Å². The van der Waals surface area contributed by atoms with Crippen molar-refractivity contribution in [1.29, 1.82) is 5.26 Å². The average molecular weight is 266 g/mol. The fourth-order valence-electron chi connectivity index (χ4n) is 1.49. The van der Waals surface area contributed by atoms with Gasteiger partial charge in [0.05, 0.1) is 12.2 Å². The van der Waals surface area contributed by atoms with Crippen molar-refractivity contribution < 1.29 is 4.74 Å². The van der Waals surface area contributed by atoms with Crippen LogP contribution in [0.2, 0.25) is 0 Å². The Morgan fingerprint density at radius 3 is 2.87 bits per heavy atom. The predicted octanol–water partition coefficient (Wildman–Crippen LogP) is 3.42. The lowest BCUT2D eigenvalue weighted by molar-refractivity contribution is 0.297. The molecule has 1 aliphatic carbocycles. The minimum absolute atomic E-state index is 0.613. The molecule has 2 nitrogen and oxygen atoms in total. The summed E-state index contributed by atoms with van der Waals surface area (Å²) in [6, 6.07) is 5.94. The Balaban J connectivity index is 2.22. The van der Waals surface area contributed by atoms with Crippen molar-refractivity contribution in [2.45, 2.75) is 19.8 Å². The molecule has 0 heterocycles. The van der Waals surface area contributed by atoms with Gasteiger partial charge in [-0.05, 0) is 43.4 Å². The maximum atomic E-state index is 9.00. The van der Waals surface area contributed by atoms with Gasteiger partial charge in [0, 0.05) is 4.47 Å². The molecule has 2 rings (SSSR count). The first kappa shape index (κ1) is 10.5. The normalized spacial score (nSPS) is 14.7. The molecule has 15 heavy (non-hydrogen) atoms. The van der Waals surface area contributed by atoms with E-state index in [1.807, 2.05) is 13.0 Å². The highest BCUT2D eigenvalue weighted by Crippen LogP contribution is 2.32. The van der Waals surface area contributed by atoms with E-state index in [0.717, 1.165) is 22.4 Å². The maximum absolute atomic E-state index is 9.00. The lowest BCUT2D eigenvalue weighted by Gasteiger charge is -2.10. The van der Waals surface area contributed by atoms with E-state index in [1.165, 1.54) is 12.8 Å². The third-order valence-electron chi connectivity index (χ3n) is 2.52. The molecule has 0 atom stereocenters. The zero-order valence-corrected chi connectivity index (χ0v) is 10.2. The monoisotopic (exact) mass is 265 g/mol. The van der Waals surface area contributed by atoms with Crippen LogP contribution in [0, 0.1) is 24.2 Å². The highest BCUT2D eigenvalue weighted by Gasteiger charge is 2.22. The SMILES string of the molecule is Cc1cc(Br)cc(C#N)c1OCC1CC1. The first-order valence-corrected chi connectivity index (χ1v) is 5.83. The summed E-state index contributed by atoms with van der Waals surface area (Å²) in [5.74, 6) is 1.45. The van der Waals surface area contributed by atoms with Crippen molar-refractivity contribution in [1.82, 2.24) is 0 Å². The molecule has 0 spiro atoms. The van der Waals surface area contributed by atoms with Gasteiger partial charge in [0.25, 0.3) is 0 Å². The Morgan fingerprint density at radius 2 is 2.27 bits per heavy atom. The molecule has 0 N–H and O–H groups in total. The zero-order valence-electron chi connectivity index (χ0n) is 8.59. The van der Waals surface area contributed by atoms with Crippen molar-refractivity contribution in [2.75, 3.05) is 6.61 Å². The van der Waals surface area contributed by atoms with Crippen LogP contribution in [-0.4, -0.2) is 6.61 Å². The molecule has 78 valence electrons. The van der Waals surface area contributed by atoms with Gasteiger partial charge in [0.2, 0.25) is 0 Å². The first-order valence-electron chi connectivity index (χ1n) is 5.03. The number of nitriles is 1. The number of hydrogen-bond donors (Lipinski definition) is 0. The van der Waals surface area contributed by atoms with Crippen LogP contribution in [0.4, 0.5) is 0 Å². The second kappa shape index (κ2) is 4.24. The average Bonchev–Trinajstić information content (AvgIpc) is 2.99. The number of rotatable bonds is 3. The van der Waals surface area contributed by atoms with E-state index in [9.17, 15) is 0 Å². The highest BCUT2D eigenvalue weighted by atomic mass is 79.9. The van der Waals surface area contributed by atoms with E-state index in [4.69, 9.17) is 10.00 Å². The summed E-state index contributed by atoms with van der Waals surface area (Å²) in [5, 5.41) is 9.00. The Hall–Kier alpha value is -1.01. The van der Waals surface area contributed by atoms with Crippen LogP contribution >= 0.6 is 15.9 Å². The van der Waals surface area contributed by atoms with Crippen molar-refractivity contribution in [3.8, 4) is 11.8 Å². The van der Waals surface area contributed by atoms with Gasteiger partial charge in [0.1, 0.15) is 11.8 Å². The summed E-state index contributed by atoms with van der Waals surface area (Å²) in [6.45, 7) is 2.71. The van der Waals surface area contributed by atoms with E-state index in [0.29, 0.717) is 11.5 Å². The van der Waals surface area contributed by atoms with Crippen LogP contribution in [0.3, 0.4) is 0 Å². The van der Waals surface area contributed by atoms with E-state index in [-0.39, 0.29) is 0 Å². The molecule has 0 aliphatic heterocycles. The lowest BCUT2D eigenvalue weighted by Crippen LogP contribution is -2.02.